The lowest BCUT2D eigenvalue weighted by Crippen LogP contribution is -2.48. The molecule has 1 aliphatic heterocycles. The van der Waals surface area contributed by atoms with E-state index in [2.05, 4.69) is 19.9 Å². The molecule has 4 aromatic rings. The van der Waals surface area contributed by atoms with Gasteiger partial charge in [0.05, 0.1) is 28.7 Å². The van der Waals surface area contributed by atoms with Gasteiger partial charge in [-0.3, -0.25) is 19.9 Å². The summed E-state index contributed by atoms with van der Waals surface area (Å²) < 4.78 is 6.76. The lowest BCUT2D eigenvalue weighted by Gasteiger charge is -2.38. The monoisotopic (exact) mass is 470 g/mol. The molecule has 0 bridgehead atoms. The first-order valence-corrected chi connectivity index (χ1v) is 11.3. The smallest absolute Gasteiger partial charge is 0.269 e. The normalized spacial score (nSPS) is 16.4. The molecule has 0 amide bonds. The van der Waals surface area contributed by atoms with E-state index in [1.807, 2.05) is 0 Å². The predicted octanol–water partition coefficient (Wildman–Crippen LogP) is 2.36. The van der Waals surface area contributed by atoms with Crippen molar-refractivity contribution in [3.05, 3.63) is 63.2 Å². The molecule has 2 N–H and O–H groups in total. The number of aliphatic hydroxyl groups is 1. The molecule has 0 aliphatic carbocycles. The Morgan fingerprint density at radius 1 is 1.18 bits per heavy atom. The largest absolute Gasteiger partial charge is 0.492 e. The number of non-ortho nitro benzene ring substituents is 1. The fourth-order valence-corrected chi connectivity index (χ4v) is 5.25. The van der Waals surface area contributed by atoms with E-state index in [1.165, 1.54) is 34.2 Å². The number of nitro benzene ring substituents is 1. The van der Waals surface area contributed by atoms with Gasteiger partial charge in [0.25, 0.3) is 5.69 Å². The van der Waals surface area contributed by atoms with Crippen molar-refractivity contribution in [2.24, 2.45) is 0 Å². The third kappa shape index (κ3) is 4.09. The topological polar surface area (TPSA) is 133 Å². The Bertz CT molecular complexity index is 1240. The maximum absolute atomic E-state index is 11.1. The average molecular weight is 471 g/mol. The van der Waals surface area contributed by atoms with Crippen LogP contribution in [0.4, 0.5) is 5.69 Å². The molecule has 1 fully saturated rings. The van der Waals surface area contributed by atoms with Gasteiger partial charge in [-0.15, -0.1) is 5.10 Å². The molecule has 4 heterocycles. The number of thiazole rings is 1. The molecule has 0 spiro atoms. The van der Waals surface area contributed by atoms with Crippen molar-refractivity contribution in [1.29, 1.82) is 0 Å². The van der Waals surface area contributed by atoms with Gasteiger partial charge >= 0.3 is 0 Å². The molecule has 1 aliphatic rings. The summed E-state index contributed by atoms with van der Waals surface area (Å²) in [5, 5.41) is 35.9. The third-order valence-corrected chi connectivity index (χ3v) is 6.87. The van der Waals surface area contributed by atoms with Crippen molar-refractivity contribution in [2.75, 3.05) is 39.3 Å². The zero-order valence-electron chi connectivity index (χ0n) is 17.6. The van der Waals surface area contributed by atoms with E-state index in [0.29, 0.717) is 41.1 Å². The van der Waals surface area contributed by atoms with E-state index >= 15 is 0 Å². The van der Waals surface area contributed by atoms with Crippen LogP contribution in [0.2, 0.25) is 0 Å². The molecule has 11 nitrogen and oxygen atoms in total. The van der Waals surface area contributed by atoms with Crippen LogP contribution in [0.5, 0.6) is 5.88 Å². The number of nitro groups is 1. The van der Waals surface area contributed by atoms with Crippen LogP contribution in [0.25, 0.3) is 16.5 Å². The summed E-state index contributed by atoms with van der Waals surface area (Å²) in [5.41, 5.74) is 0.850. The van der Waals surface area contributed by atoms with Crippen LogP contribution in [-0.2, 0) is 0 Å². The number of hydrogen-bond donors (Lipinski definition) is 2. The minimum atomic E-state index is -0.427. The molecule has 0 radical (unpaired) electrons. The highest BCUT2D eigenvalue weighted by Gasteiger charge is 2.32. The number of rotatable bonds is 7. The highest BCUT2D eigenvalue weighted by molar-refractivity contribution is 7.17. The van der Waals surface area contributed by atoms with E-state index < -0.39 is 4.92 Å². The number of β-amino-alcohol motifs (C(OH)–C–C–N with tert-alkyl or cyclic N) is 1. The van der Waals surface area contributed by atoms with E-state index in [1.54, 1.807) is 24.3 Å². The van der Waals surface area contributed by atoms with Crippen molar-refractivity contribution in [3.8, 4) is 17.5 Å². The van der Waals surface area contributed by atoms with Crippen LogP contribution in [0.15, 0.2) is 47.1 Å². The molecule has 1 atom stereocenters. The van der Waals surface area contributed by atoms with E-state index in [-0.39, 0.29) is 24.2 Å². The summed E-state index contributed by atoms with van der Waals surface area (Å²) in [7, 11) is 0. The molecule has 33 heavy (non-hydrogen) atoms. The van der Waals surface area contributed by atoms with Gasteiger partial charge in [0.2, 0.25) is 16.7 Å². The van der Waals surface area contributed by atoms with E-state index in [9.17, 15) is 20.3 Å². The summed E-state index contributed by atoms with van der Waals surface area (Å²) in [6, 6.07) is 9.60. The van der Waals surface area contributed by atoms with Crippen molar-refractivity contribution in [1.82, 2.24) is 24.4 Å². The van der Waals surface area contributed by atoms with Crippen molar-refractivity contribution in [2.45, 2.75) is 6.04 Å². The Morgan fingerprint density at radius 3 is 2.55 bits per heavy atom. The zero-order chi connectivity index (χ0) is 22.9. The summed E-state index contributed by atoms with van der Waals surface area (Å²) in [4.78, 5) is 20.8. The number of aromatic nitrogens is 3. The first-order chi connectivity index (χ1) is 16.0. The lowest BCUT2D eigenvalue weighted by molar-refractivity contribution is -0.384. The number of aliphatic hydroxyl groups excluding tert-OH is 1. The number of hydrogen-bond acceptors (Lipinski definition) is 10. The number of piperazine rings is 1. The SMILES string of the molecule is O=[N+]([O-])c1ccc(C(c2sc3nc(-c4ccco4)nn3c2O)N2CCN(CCO)CC2)cc1. The Hall–Kier alpha value is -3.32. The standard InChI is InChI=1S/C21H22N6O5S/c28-12-11-24-7-9-25(10-8-24)17(14-3-5-15(6-4-14)27(30)31)18-20(29)26-21(33-18)22-19(23-26)16-2-1-13-32-16/h1-6,13,17,28-29H,7-12H2. The fraction of sp³-hybridized carbons (Fsp3) is 0.333. The number of fused-ring (bicyclic) bond motifs is 1. The maximum Gasteiger partial charge on any atom is 0.269 e. The summed E-state index contributed by atoms with van der Waals surface area (Å²) >= 11 is 1.33. The highest BCUT2D eigenvalue weighted by atomic mass is 32.1. The van der Waals surface area contributed by atoms with Gasteiger partial charge in [-0.1, -0.05) is 23.5 Å². The molecular formula is C21H22N6O5S. The van der Waals surface area contributed by atoms with Gasteiger partial charge < -0.3 is 14.6 Å². The number of aromatic hydroxyl groups is 1. The van der Waals surface area contributed by atoms with E-state index in [4.69, 9.17) is 4.42 Å². The molecule has 3 aromatic heterocycles. The van der Waals surface area contributed by atoms with Gasteiger partial charge in [-0.2, -0.15) is 9.50 Å². The van der Waals surface area contributed by atoms with Gasteiger partial charge in [-0.25, -0.2) is 0 Å². The molecule has 172 valence electrons. The van der Waals surface area contributed by atoms with Crippen LogP contribution in [0.3, 0.4) is 0 Å². The first-order valence-electron chi connectivity index (χ1n) is 10.5. The Labute approximate surface area is 192 Å². The van der Waals surface area contributed by atoms with Gasteiger partial charge in [0.15, 0.2) is 5.76 Å². The van der Waals surface area contributed by atoms with Crippen LogP contribution in [0, 0.1) is 10.1 Å². The van der Waals surface area contributed by atoms with Gasteiger partial charge in [0, 0.05) is 44.9 Å². The first kappa shape index (κ1) is 21.5. The zero-order valence-corrected chi connectivity index (χ0v) is 18.4. The average Bonchev–Trinajstić information content (AvgIpc) is 3.55. The van der Waals surface area contributed by atoms with Gasteiger partial charge in [0.1, 0.15) is 0 Å². The quantitative estimate of drug-likeness (QED) is 0.308. The second-order valence-electron chi connectivity index (χ2n) is 7.75. The Balaban J connectivity index is 1.52. The molecular weight excluding hydrogens is 448 g/mol. The van der Waals surface area contributed by atoms with Gasteiger partial charge in [-0.05, 0) is 17.7 Å². The predicted molar refractivity (Wildman–Crippen MR) is 120 cm³/mol. The van der Waals surface area contributed by atoms with Crippen LogP contribution in [0.1, 0.15) is 16.5 Å². The molecule has 5 rings (SSSR count). The lowest BCUT2D eigenvalue weighted by atomic mass is 10.0. The number of benzene rings is 1. The molecule has 1 aromatic carbocycles. The summed E-state index contributed by atoms with van der Waals surface area (Å²) in [6.07, 6.45) is 1.54. The minimum absolute atomic E-state index is 0.0125. The Morgan fingerprint density at radius 2 is 1.94 bits per heavy atom. The number of nitrogens with zero attached hydrogens (tertiary/aromatic N) is 6. The van der Waals surface area contributed by atoms with Crippen LogP contribution < -0.4 is 0 Å². The highest BCUT2D eigenvalue weighted by Crippen LogP contribution is 2.41. The molecule has 12 heteroatoms. The fourth-order valence-electron chi connectivity index (χ4n) is 4.13. The second-order valence-corrected chi connectivity index (χ2v) is 8.76. The third-order valence-electron chi connectivity index (χ3n) is 5.80. The molecule has 1 saturated heterocycles. The maximum atomic E-state index is 11.1. The van der Waals surface area contributed by atoms with Crippen molar-refractivity contribution < 1.29 is 19.6 Å². The van der Waals surface area contributed by atoms with Crippen molar-refractivity contribution >= 4 is 22.0 Å². The van der Waals surface area contributed by atoms with Crippen LogP contribution >= 0.6 is 11.3 Å². The molecule has 1 unspecified atom stereocenters. The summed E-state index contributed by atoms with van der Waals surface area (Å²) in [6.45, 7) is 3.70. The van der Waals surface area contributed by atoms with Crippen molar-refractivity contribution in [3.63, 3.8) is 0 Å². The van der Waals surface area contributed by atoms with E-state index in [0.717, 1.165) is 18.7 Å². The number of furan rings is 1. The van der Waals surface area contributed by atoms with Crippen LogP contribution in [-0.4, -0.2) is 78.9 Å². The summed E-state index contributed by atoms with van der Waals surface area (Å²) in [5.74, 6) is 0.887. The Kier molecular flexibility index (Phi) is 5.81. The molecule has 0 saturated carbocycles. The minimum Gasteiger partial charge on any atom is -0.492 e. The second kappa shape index (κ2) is 8.90.